The minimum absolute atomic E-state index is 0.0708. The molecule has 1 unspecified atom stereocenters. The number of unbranched alkanes of at least 4 members (excludes halogenated alkanes) is 1. The number of carbonyl (C=O) groups is 1. The van der Waals surface area contributed by atoms with E-state index in [0.29, 0.717) is 18.5 Å². The van der Waals surface area contributed by atoms with Gasteiger partial charge in [-0.05, 0) is 30.5 Å². The lowest BCUT2D eigenvalue weighted by molar-refractivity contribution is -0.117. The van der Waals surface area contributed by atoms with Gasteiger partial charge in [-0.2, -0.15) is 0 Å². The minimum Gasteiger partial charge on any atom is -0.396 e. The first-order chi connectivity index (χ1) is 7.72. The Morgan fingerprint density at radius 3 is 2.94 bits per heavy atom. The number of rotatable bonds is 4. The zero-order chi connectivity index (χ0) is 11.5. The van der Waals surface area contributed by atoms with Gasteiger partial charge in [0.2, 0.25) is 5.91 Å². The van der Waals surface area contributed by atoms with Gasteiger partial charge in [0, 0.05) is 12.3 Å². The molecule has 86 valence electrons. The molecule has 16 heavy (non-hydrogen) atoms. The minimum atomic E-state index is -0.338. The van der Waals surface area contributed by atoms with Crippen molar-refractivity contribution in [2.45, 2.75) is 25.2 Å². The molecule has 0 radical (unpaired) electrons. The third-order valence-electron chi connectivity index (χ3n) is 2.87. The highest BCUT2D eigenvalue weighted by atomic mass is 19.1. The highest BCUT2D eigenvalue weighted by Crippen LogP contribution is 2.35. The number of hydrogen-bond donors (Lipinski definition) is 2. The number of amides is 1. The molecule has 1 aliphatic heterocycles. The third-order valence-corrected chi connectivity index (χ3v) is 2.87. The fourth-order valence-corrected chi connectivity index (χ4v) is 2.05. The predicted octanol–water partition coefficient (Wildman–Crippen LogP) is 2.02. The van der Waals surface area contributed by atoms with Crippen LogP contribution in [0.15, 0.2) is 18.2 Å². The molecule has 3 nitrogen and oxygen atoms in total. The average molecular weight is 223 g/mol. The van der Waals surface area contributed by atoms with Gasteiger partial charge in [-0.25, -0.2) is 4.39 Å². The maximum atomic E-state index is 12.9. The van der Waals surface area contributed by atoms with E-state index in [4.69, 9.17) is 5.11 Å². The molecule has 1 aromatic carbocycles. The van der Waals surface area contributed by atoms with Gasteiger partial charge in [0.25, 0.3) is 0 Å². The summed E-state index contributed by atoms with van der Waals surface area (Å²) in [6.45, 7) is 0.143. The summed E-state index contributed by atoms with van der Waals surface area (Å²) in [6.07, 6.45) is 2.19. The topological polar surface area (TPSA) is 49.3 Å². The van der Waals surface area contributed by atoms with Crippen molar-refractivity contribution < 1.29 is 14.3 Å². The molecule has 0 saturated heterocycles. The molecule has 0 bridgehead atoms. The Bertz CT molecular complexity index is 406. The van der Waals surface area contributed by atoms with Crippen molar-refractivity contribution in [1.29, 1.82) is 0 Å². The average Bonchev–Trinajstić information content (AvgIpc) is 2.55. The lowest BCUT2D eigenvalue weighted by atomic mass is 9.95. The van der Waals surface area contributed by atoms with Crippen molar-refractivity contribution >= 4 is 11.6 Å². The quantitative estimate of drug-likeness (QED) is 0.767. The Hall–Kier alpha value is -1.42. The number of nitrogens with one attached hydrogen (secondary N) is 1. The van der Waals surface area contributed by atoms with E-state index in [0.717, 1.165) is 12.0 Å². The molecule has 1 aliphatic rings. The van der Waals surface area contributed by atoms with Crippen LogP contribution in [-0.2, 0) is 4.79 Å². The van der Waals surface area contributed by atoms with Crippen LogP contribution in [0.3, 0.4) is 0 Å². The Balaban J connectivity index is 2.13. The van der Waals surface area contributed by atoms with Gasteiger partial charge < -0.3 is 10.4 Å². The maximum Gasteiger partial charge on any atom is 0.232 e. The molecular weight excluding hydrogens is 209 g/mol. The Morgan fingerprint density at radius 2 is 2.19 bits per heavy atom. The highest BCUT2D eigenvalue weighted by molar-refractivity contribution is 6.02. The van der Waals surface area contributed by atoms with Crippen LogP contribution in [0.25, 0.3) is 0 Å². The Kier molecular flexibility index (Phi) is 3.19. The predicted molar refractivity (Wildman–Crippen MR) is 58.7 cm³/mol. The largest absolute Gasteiger partial charge is 0.396 e. The van der Waals surface area contributed by atoms with Crippen molar-refractivity contribution in [3.05, 3.63) is 29.6 Å². The summed E-state index contributed by atoms with van der Waals surface area (Å²) in [6, 6.07) is 4.38. The molecule has 4 heteroatoms. The first-order valence-electron chi connectivity index (χ1n) is 5.43. The van der Waals surface area contributed by atoms with Gasteiger partial charge in [-0.1, -0.05) is 12.5 Å². The van der Waals surface area contributed by atoms with E-state index in [1.165, 1.54) is 12.1 Å². The van der Waals surface area contributed by atoms with Gasteiger partial charge in [0.15, 0.2) is 0 Å². The molecule has 0 fully saturated rings. The lowest BCUT2D eigenvalue weighted by Gasteiger charge is -2.07. The Morgan fingerprint density at radius 1 is 1.38 bits per heavy atom. The zero-order valence-corrected chi connectivity index (χ0v) is 8.87. The van der Waals surface area contributed by atoms with Gasteiger partial charge in [-0.15, -0.1) is 0 Å². The fraction of sp³-hybridized carbons (Fsp3) is 0.417. The molecule has 1 amide bonds. The molecular formula is C12H14FNO2. The van der Waals surface area contributed by atoms with Crippen LogP contribution < -0.4 is 5.32 Å². The monoisotopic (exact) mass is 223 g/mol. The van der Waals surface area contributed by atoms with E-state index in [2.05, 4.69) is 5.32 Å². The number of halogens is 1. The molecule has 1 atom stereocenters. The van der Waals surface area contributed by atoms with Crippen LogP contribution in [0.2, 0.25) is 0 Å². The second-order valence-electron chi connectivity index (χ2n) is 3.99. The van der Waals surface area contributed by atoms with Crippen LogP contribution in [0.4, 0.5) is 10.1 Å². The summed E-state index contributed by atoms with van der Waals surface area (Å²) in [5.74, 6) is -0.601. The number of fused-ring (bicyclic) bond motifs is 1. The first kappa shape index (κ1) is 11.1. The SMILES string of the molecule is O=C1Nc2cc(F)ccc2C1CCCCO. The van der Waals surface area contributed by atoms with Gasteiger partial charge in [0.05, 0.1) is 5.92 Å². The smallest absolute Gasteiger partial charge is 0.232 e. The summed E-state index contributed by atoms with van der Waals surface area (Å²) in [5, 5.41) is 11.4. The van der Waals surface area contributed by atoms with E-state index in [9.17, 15) is 9.18 Å². The van der Waals surface area contributed by atoms with E-state index in [1.54, 1.807) is 6.07 Å². The number of aliphatic hydroxyl groups is 1. The number of benzene rings is 1. The summed E-state index contributed by atoms with van der Waals surface area (Å²) < 4.78 is 12.9. The van der Waals surface area contributed by atoms with Crippen molar-refractivity contribution in [2.75, 3.05) is 11.9 Å². The van der Waals surface area contributed by atoms with Crippen molar-refractivity contribution in [3.63, 3.8) is 0 Å². The van der Waals surface area contributed by atoms with Crippen molar-refractivity contribution in [1.82, 2.24) is 0 Å². The van der Waals surface area contributed by atoms with Crippen molar-refractivity contribution in [2.24, 2.45) is 0 Å². The fourth-order valence-electron chi connectivity index (χ4n) is 2.05. The van der Waals surface area contributed by atoms with Crippen molar-refractivity contribution in [3.8, 4) is 0 Å². The maximum absolute atomic E-state index is 12.9. The van der Waals surface area contributed by atoms with E-state index < -0.39 is 0 Å². The van der Waals surface area contributed by atoms with Crippen LogP contribution in [0, 0.1) is 5.82 Å². The number of hydrogen-bond acceptors (Lipinski definition) is 2. The van der Waals surface area contributed by atoms with Crippen LogP contribution in [-0.4, -0.2) is 17.6 Å². The highest BCUT2D eigenvalue weighted by Gasteiger charge is 2.29. The molecule has 0 saturated carbocycles. The summed E-state index contributed by atoms with van der Waals surface area (Å²) in [4.78, 5) is 11.6. The van der Waals surface area contributed by atoms with Crippen LogP contribution >= 0.6 is 0 Å². The molecule has 0 aliphatic carbocycles. The summed E-state index contributed by atoms with van der Waals surface area (Å²) in [5.41, 5.74) is 1.45. The van der Waals surface area contributed by atoms with Gasteiger partial charge >= 0.3 is 0 Å². The van der Waals surface area contributed by atoms with Gasteiger partial charge in [0.1, 0.15) is 5.82 Å². The van der Waals surface area contributed by atoms with Crippen LogP contribution in [0.5, 0.6) is 0 Å². The third kappa shape index (κ3) is 2.07. The molecule has 0 aromatic heterocycles. The zero-order valence-electron chi connectivity index (χ0n) is 8.87. The number of aliphatic hydroxyl groups excluding tert-OH is 1. The Labute approximate surface area is 93.3 Å². The normalized spacial score (nSPS) is 18.4. The lowest BCUT2D eigenvalue weighted by Crippen LogP contribution is -2.12. The molecule has 2 N–H and O–H groups in total. The van der Waals surface area contributed by atoms with E-state index in [1.807, 2.05) is 0 Å². The van der Waals surface area contributed by atoms with E-state index >= 15 is 0 Å². The van der Waals surface area contributed by atoms with Gasteiger partial charge in [-0.3, -0.25) is 4.79 Å². The van der Waals surface area contributed by atoms with Crippen LogP contribution in [0.1, 0.15) is 30.7 Å². The molecule has 2 rings (SSSR count). The summed E-state index contributed by atoms with van der Waals surface area (Å²) >= 11 is 0. The first-order valence-corrected chi connectivity index (χ1v) is 5.43. The molecule has 1 heterocycles. The molecule has 1 aromatic rings. The second kappa shape index (κ2) is 4.61. The number of carbonyl (C=O) groups excluding carboxylic acids is 1. The van der Waals surface area contributed by atoms with E-state index in [-0.39, 0.29) is 24.2 Å². The standard InChI is InChI=1S/C12H14FNO2/c13-8-4-5-9-10(3-1-2-6-15)12(16)14-11(9)7-8/h4-5,7,10,15H,1-3,6H2,(H,14,16). The molecule has 0 spiro atoms. The second-order valence-corrected chi connectivity index (χ2v) is 3.99. The summed E-state index contributed by atoms with van der Waals surface area (Å²) in [7, 11) is 0. The number of anilines is 1.